The number of carbonyl (C=O) groups excluding carboxylic acids is 1. The molecule has 2 aromatic rings. The molecule has 7 nitrogen and oxygen atoms in total. The highest BCUT2D eigenvalue weighted by Gasteiger charge is 2.35. The summed E-state index contributed by atoms with van der Waals surface area (Å²) in [6.45, 7) is 3.76. The van der Waals surface area contributed by atoms with Gasteiger partial charge >= 0.3 is 6.18 Å². The van der Waals surface area contributed by atoms with E-state index in [4.69, 9.17) is 10.5 Å². The van der Waals surface area contributed by atoms with Gasteiger partial charge in [-0.15, -0.1) is 0 Å². The Kier molecular flexibility index (Phi) is 8.11. The van der Waals surface area contributed by atoms with Crippen LogP contribution in [0.25, 0.3) is 6.08 Å². The van der Waals surface area contributed by atoms with Gasteiger partial charge in [0.05, 0.1) is 17.1 Å². The van der Waals surface area contributed by atoms with Gasteiger partial charge < -0.3 is 20.7 Å². The molecule has 2 heterocycles. The minimum Gasteiger partial charge on any atom is -0.395 e. The van der Waals surface area contributed by atoms with Crippen LogP contribution in [-0.2, 0) is 17.5 Å². The summed E-state index contributed by atoms with van der Waals surface area (Å²) >= 11 is 1.31. The third kappa shape index (κ3) is 6.54. The summed E-state index contributed by atoms with van der Waals surface area (Å²) in [6.07, 6.45) is 0.283. The molecule has 0 unspecified atom stereocenters. The van der Waals surface area contributed by atoms with Crippen LogP contribution >= 0.6 is 11.8 Å². The summed E-state index contributed by atoms with van der Waals surface area (Å²) in [5, 5.41) is 20.7. The molecule has 11 heteroatoms. The summed E-state index contributed by atoms with van der Waals surface area (Å²) < 4.78 is 41.2. The highest BCUT2D eigenvalue weighted by molar-refractivity contribution is 8.18. The van der Waals surface area contributed by atoms with E-state index in [1.165, 1.54) is 17.8 Å². The molecule has 5 rings (SSSR count). The van der Waals surface area contributed by atoms with Crippen LogP contribution in [0.15, 0.2) is 46.3 Å². The van der Waals surface area contributed by atoms with Crippen LogP contribution in [0.4, 0.5) is 18.9 Å². The number of alkyl halides is 3. The molecular formula is C28H30F3N5O2S. The molecule has 39 heavy (non-hydrogen) atoms. The third-order valence-corrected chi connectivity index (χ3v) is 8.20. The van der Waals surface area contributed by atoms with Gasteiger partial charge in [0.15, 0.2) is 5.17 Å². The maximum atomic E-state index is 13.7. The molecule has 1 amide bonds. The second-order valence-corrected chi connectivity index (χ2v) is 10.9. The van der Waals surface area contributed by atoms with E-state index in [1.54, 1.807) is 36.4 Å². The highest BCUT2D eigenvalue weighted by Crippen LogP contribution is 2.43. The van der Waals surface area contributed by atoms with Crippen LogP contribution in [0.3, 0.4) is 0 Å². The Balaban J connectivity index is 1.26. The Hall–Kier alpha value is -3.15. The predicted molar refractivity (Wildman–Crippen MR) is 148 cm³/mol. The first kappa shape index (κ1) is 27.4. The Morgan fingerprint density at radius 2 is 1.90 bits per heavy atom. The van der Waals surface area contributed by atoms with Crippen molar-refractivity contribution in [3.05, 3.63) is 69.1 Å². The van der Waals surface area contributed by atoms with E-state index in [-0.39, 0.29) is 30.5 Å². The van der Waals surface area contributed by atoms with Crippen LogP contribution in [0.1, 0.15) is 46.6 Å². The van der Waals surface area contributed by atoms with Gasteiger partial charge in [-0.1, -0.05) is 18.2 Å². The molecule has 3 N–H and O–H groups in total. The second kappa shape index (κ2) is 11.5. The minimum absolute atomic E-state index is 0.0296. The lowest BCUT2D eigenvalue weighted by Crippen LogP contribution is -2.48. The van der Waals surface area contributed by atoms with Crippen molar-refractivity contribution < 1.29 is 23.1 Å². The number of hydrogen-bond donors (Lipinski definition) is 3. The fourth-order valence-corrected chi connectivity index (χ4v) is 5.78. The average molecular weight is 558 g/mol. The second-order valence-electron chi connectivity index (χ2n) is 9.90. The van der Waals surface area contributed by atoms with Gasteiger partial charge in [-0.3, -0.25) is 9.69 Å². The average Bonchev–Trinajstić information content (AvgIpc) is 3.71. The number of nitrogens with one attached hydrogen (secondary N) is 2. The number of thioether (sulfide) groups is 1. The molecule has 0 aromatic heterocycles. The van der Waals surface area contributed by atoms with Crippen molar-refractivity contribution in [2.24, 2.45) is 4.99 Å². The molecule has 2 aliphatic heterocycles. The van der Waals surface area contributed by atoms with Crippen molar-refractivity contribution in [1.29, 1.82) is 5.41 Å². The number of amides is 1. The van der Waals surface area contributed by atoms with Gasteiger partial charge in [-0.05, 0) is 71.5 Å². The standard InChI is InChI=1S/C28H30F3N5O2S/c29-28(30,31)23-15-20(19-2-3-19)4-5-21(23)17-33-24-6-1-18(13-22(24)16-32)14-25-26(38)34-27(39-25)36-9-7-35(8-10-36)11-12-37/h1,4-6,13-16,19,32-33,37H,2-3,7-12,17H2/b25-14-,32-16?. The number of piperazine rings is 1. The Labute approximate surface area is 229 Å². The zero-order valence-electron chi connectivity index (χ0n) is 21.3. The largest absolute Gasteiger partial charge is 0.416 e. The first-order chi connectivity index (χ1) is 18.7. The molecule has 0 bridgehead atoms. The summed E-state index contributed by atoms with van der Waals surface area (Å²) in [7, 11) is 0. The maximum Gasteiger partial charge on any atom is 0.416 e. The Morgan fingerprint density at radius 1 is 1.13 bits per heavy atom. The fourth-order valence-electron chi connectivity index (χ4n) is 4.81. The van der Waals surface area contributed by atoms with E-state index < -0.39 is 11.7 Å². The van der Waals surface area contributed by atoms with Crippen molar-refractivity contribution in [2.45, 2.75) is 31.5 Å². The van der Waals surface area contributed by atoms with Crippen LogP contribution in [-0.4, -0.2) is 71.5 Å². The van der Waals surface area contributed by atoms with E-state index in [9.17, 15) is 18.0 Å². The van der Waals surface area contributed by atoms with E-state index in [0.29, 0.717) is 33.4 Å². The predicted octanol–water partition coefficient (Wildman–Crippen LogP) is 4.77. The van der Waals surface area contributed by atoms with E-state index >= 15 is 0 Å². The Bertz CT molecular complexity index is 1310. The van der Waals surface area contributed by atoms with Crippen molar-refractivity contribution in [2.75, 3.05) is 44.6 Å². The number of aliphatic imine (C=N–C) groups is 1. The summed E-state index contributed by atoms with van der Waals surface area (Å²) in [5.41, 5.74) is 2.00. The SMILES string of the molecule is N=Cc1cc(/C=C2\SC(N3CCN(CCO)CC3)=NC2=O)ccc1NCc1ccc(C2CC2)cc1C(F)(F)F. The molecular weight excluding hydrogens is 527 g/mol. The number of β-amino-alcohol motifs (C(OH)–C–C–N with tert-alkyl or cyclic N) is 1. The van der Waals surface area contributed by atoms with Crippen molar-refractivity contribution in [1.82, 2.24) is 9.80 Å². The van der Waals surface area contributed by atoms with Gasteiger partial charge in [-0.2, -0.15) is 18.2 Å². The normalized spacial score (nSPS) is 19.5. The number of carbonyl (C=O) groups is 1. The van der Waals surface area contributed by atoms with E-state index in [2.05, 4.69) is 20.1 Å². The lowest BCUT2D eigenvalue weighted by Gasteiger charge is -2.34. The highest BCUT2D eigenvalue weighted by atomic mass is 32.2. The topological polar surface area (TPSA) is 92.0 Å². The van der Waals surface area contributed by atoms with Gasteiger partial charge in [-0.25, -0.2) is 0 Å². The number of anilines is 1. The zero-order chi connectivity index (χ0) is 27.6. The van der Waals surface area contributed by atoms with E-state index in [1.807, 2.05) is 0 Å². The first-order valence-corrected chi connectivity index (χ1v) is 13.8. The smallest absolute Gasteiger partial charge is 0.395 e. The van der Waals surface area contributed by atoms with Gasteiger partial charge in [0.2, 0.25) is 0 Å². The van der Waals surface area contributed by atoms with Gasteiger partial charge in [0, 0.05) is 56.7 Å². The molecule has 0 radical (unpaired) electrons. The fraction of sp³-hybridized carbons (Fsp3) is 0.393. The number of nitrogens with zero attached hydrogens (tertiary/aromatic N) is 3. The number of hydrogen-bond acceptors (Lipinski definition) is 7. The summed E-state index contributed by atoms with van der Waals surface area (Å²) in [6, 6.07) is 9.79. The monoisotopic (exact) mass is 557 g/mol. The molecule has 2 aromatic carbocycles. The molecule has 1 saturated carbocycles. The molecule has 1 saturated heterocycles. The molecule has 0 atom stereocenters. The van der Waals surface area contributed by atoms with Gasteiger partial charge in [0.1, 0.15) is 0 Å². The number of rotatable bonds is 8. The van der Waals surface area contributed by atoms with Crippen LogP contribution < -0.4 is 5.32 Å². The minimum atomic E-state index is -4.44. The lowest BCUT2D eigenvalue weighted by atomic mass is 10.0. The first-order valence-electron chi connectivity index (χ1n) is 12.9. The molecule has 1 aliphatic carbocycles. The number of aliphatic hydroxyl groups is 1. The van der Waals surface area contributed by atoms with Crippen LogP contribution in [0, 0.1) is 5.41 Å². The molecule has 0 spiro atoms. The molecule has 206 valence electrons. The van der Waals surface area contributed by atoms with Crippen molar-refractivity contribution >= 4 is 40.8 Å². The number of aliphatic hydroxyl groups excluding tert-OH is 1. The van der Waals surface area contributed by atoms with Gasteiger partial charge in [0.25, 0.3) is 5.91 Å². The van der Waals surface area contributed by atoms with Crippen LogP contribution in [0.2, 0.25) is 0 Å². The Morgan fingerprint density at radius 3 is 2.56 bits per heavy atom. The molecule has 3 aliphatic rings. The lowest BCUT2D eigenvalue weighted by molar-refractivity contribution is -0.138. The maximum absolute atomic E-state index is 13.7. The quantitative estimate of drug-likeness (QED) is 0.320. The zero-order valence-corrected chi connectivity index (χ0v) is 22.1. The van der Waals surface area contributed by atoms with Crippen molar-refractivity contribution in [3.63, 3.8) is 0 Å². The summed E-state index contributed by atoms with van der Waals surface area (Å²) in [4.78, 5) is 21.5. The number of halogens is 3. The van der Waals surface area contributed by atoms with E-state index in [0.717, 1.165) is 50.8 Å². The number of amidine groups is 1. The van der Waals surface area contributed by atoms with Crippen LogP contribution in [0.5, 0.6) is 0 Å². The third-order valence-electron chi connectivity index (χ3n) is 7.15. The molecule has 2 fully saturated rings. The number of benzene rings is 2. The van der Waals surface area contributed by atoms with Crippen molar-refractivity contribution in [3.8, 4) is 0 Å². The summed E-state index contributed by atoms with van der Waals surface area (Å²) in [5.74, 6) is -0.0894.